The largest absolute Gasteiger partial charge is 0.494 e. The number of nitriles is 2. The van der Waals surface area contributed by atoms with E-state index in [1.165, 1.54) is 11.8 Å². The van der Waals surface area contributed by atoms with E-state index in [0.29, 0.717) is 50.9 Å². The van der Waals surface area contributed by atoms with Crippen molar-refractivity contribution in [3.05, 3.63) is 76.6 Å². The molecule has 7 nitrogen and oxygen atoms in total. The van der Waals surface area contributed by atoms with Crippen LogP contribution in [0.25, 0.3) is 22.6 Å². The van der Waals surface area contributed by atoms with Crippen LogP contribution in [-0.4, -0.2) is 16.6 Å². The van der Waals surface area contributed by atoms with Gasteiger partial charge in [-0.15, -0.1) is 0 Å². The number of rotatable bonds is 7. The molecule has 0 radical (unpaired) electrons. The van der Waals surface area contributed by atoms with E-state index >= 15 is 0 Å². The van der Waals surface area contributed by atoms with Crippen LogP contribution in [0.15, 0.2) is 64.2 Å². The topological polar surface area (TPSA) is 122 Å². The molecule has 4 rings (SSSR count). The molecule has 0 atom stereocenters. The Balaban J connectivity index is 1.65. The van der Waals surface area contributed by atoms with Crippen LogP contribution in [0.2, 0.25) is 5.02 Å². The summed E-state index contributed by atoms with van der Waals surface area (Å²) in [7, 11) is 0. The summed E-state index contributed by atoms with van der Waals surface area (Å²) in [6.07, 6.45) is 1.56. The number of anilines is 1. The van der Waals surface area contributed by atoms with E-state index in [2.05, 4.69) is 22.1 Å². The highest BCUT2D eigenvalue weighted by Crippen LogP contribution is 2.37. The molecule has 0 aliphatic rings. The minimum Gasteiger partial charge on any atom is -0.494 e. The number of hydrogen-bond donors (Lipinski definition) is 1. The normalized spacial score (nSPS) is 10.5. The highest BCUT2D eigenvalue weighted by atomic mass is 35.5. The van der Waals surface area contributed by atoms with Gasteiger partial charge < -0.3 is 14.9 Å². The number of hydrogen-bond acceptors (Lipinski definition) is 8. The second-order valence-corrected chi connectivity index (χ2v) is 8.45. The average Bonchev–Trinajstić information content (AvgIpc) is 3.32. The van der Waals surface area contributed by atoms with Crippen molar-refractivity contribution in [2.45, 2.75) is 17.7 Å². The molecule has 0 fully saturated rings. The number of aromatic nitrogens is 2. The maximum atomic E-state index is 9.96. The first kappa shape index (κ1) is 23.2. The van der Waals surface area contributed by atoms with Crippen molar-refractivity contribution < 1.29 is 9.15 Å². The second kappa shape index (κ2) is 10.3. The number of halogens is 1. The third kappa shape index (κ3) is 4.84. The Labute approximate surface area is 205 Å². The third-order valence-electron chi connectivity index (χ3n) is 4.87. The fourth-order valence-electron chi connectivity index (χ4n) is 3.32. The fraction of sp³-hybridized carbons (Fsp3) is 0.120. The Morgan fingerprint density at radius 2 is 1.68 bits per heavy atom. The van der Waals surface area contributed by atoms with E-state index in [-0.39, 0.29) is 16.9 Å². The van der Waals surface area contributed by atoms with Crippen molar-refractivity contribution in [1.82, 2.24) is 9.97 Å². The van der Waals surface area contributed by atoms with Crippen LogP contribution >= 0.6 is 23.4 Å². The van der Waals surface area contributed by atoms with E-state index in [0.717, 1.165) is 5.56 Å². The minimum atomic E-state index is 0.0647. The highest BCUT2D eigenvalue weighted by molar-refractivity contribution is 7.98. The van der Waals surface area contributed by atoms with Crippen LogP contribution in [-0.2, 0) is 5.75 Å². The van der Waals surface area contributed by atoms with Gasteiger partial charge in [0.15, 0.2) is 0 Å². The van der Waals surface area contributed by atoms with Crippen LogP contribution < -0.4 is 10.5 Å². The van der Waals surface area contributed by atoms with Crippen LogP contribution in [0.1, 0.15) is 23.7 Å². The number of pyridine rings is 1. The molecule has 34 heavy (non-hydrogen) atoms. The number of nitrogens with two attached hydrogens (primary N) is 1. The lowest BCUT2D eigenvalue weighted by molar-refractivity contribution is 0.340. The summed E-state index contributed by atoms with van der Waals surface area (Å²) in [5.74, 6) is 1.62. The molecule has 0 aliphatic carbocycles. The summed E-state index contributed by atoms with van der Waals surface area (Å²) in [6, 6.07) is 18.6. The minimum absolute atomic E-state index is 0.0647. The third-order valence-corrected chi connectivity index (χ3v) is 6.13. The summed E-state index contributed by atoms with van der Waals surface area (Å²) in [5.41, 5.74) is 9.15. The van der Waals surface area contributed by atoms with Gasteiger partial charge in [0.05, 0.1) is 17.9 Å². The van der Waals surface area contributed by atoms with Crippen molar-refractivity contribution >= 4 is 29.2 Å². The predicted octanol–water partition coefficient (Wildman–Crippen LogP) is 6.07. The predicted molar refractivity (Wildman–Crippen MR) is 131 cm³/mol. The van der Waals surface area contributed by atoms with E-state index in [1.54, 1.807) is 42.7 Å². The van der Waals surface area contributed by atoms with Gasteiger partial charge in [-0.1, -0.05) is 35.5 Å². The van der Waals surface area contributed by atoms with Gasteiger partial charge >= 0.3 is 0 Å². The summed E-state index contributed by atoms with van der Waals surface area (Å²) < 4.78 is 11.1. The first-order valence-corrected chi connectivity index (χ1v) is 11.6. The molecular weight excluding hydrogens is 470 g/mol. The lowest BCUT2D eigenvalue weighted by Gasteiger charge is -2.13. The zero-order valence-electron chi connectivity index (χ0n) is 18.1. The molecule has 2 heterocycles. The Bertz CT molecular complexity index is 1400. The van der Waals surface area contributed by atoms with Gasteiger partial charge in [-0.3, -0.25) is 0 Å². The first-order chi connectivity index (χ1) is 16.5. The molecule has 2 aromatic heterocycles. The summed E-state index contributed by atoms with van der Waals surface area (Å²) in [4.78, 5) is 8.84. The smallest absolute Gasteiger partial charge is 0.226 e. The van der Waals surface area contributed by atoms with Gasteiger partial charge in [-0.05, 0) is 48.9 Å². The van der Waals surface area contributed by atoms with Crippen molar-refractivity contribution in [2.24, 2.45) is 0 Å². The molecule has 0 bridgehead atoms. The Kier molecular flexibility index (Phi) is 7.03. The molecule has 0 saturated heterocycles. The van der Waals surface area contributed by atoms with Gasteiger partial charge in [0.1, 0.15) is 40.6 Å². The number of oxazole rings is 1. The number of nitrogen functional groups attached to an aromatic ring is 1. The Morgan fingerprint density at radius 3 is 2.32 bits per heavy atom. The molecule has 0 saturated carbocycles. The zero-order valence-corrected chi connectivity index (χ0v) is 19.7. The maximum Gasteiger partial charge on any atom is 0.226 e. The summed E-state index contributed by atoms with van der Waals surface area (Å²) >= 11 is 7.24. The number of nitrogens with zero attached hydrogens (tertiary/aromatic N) is 4. The standard InChI is InChI=1S/C25H18ClN5O2S/c1-2-32-19-9-5-15(6-10-19)22-20(11-27)23(29)31-25(21(22)12-28)34-14-18-13-33-24(30-18)16-3-7-17(26)8-4-16/h3-10,13H,2,14H2,1H3,(H2,29,31). The monoisotopic (exact) mass is 487 g/mol. The molecule has 0 amide bonds. The van der Waals surface area contributed by atoms with Gasteiger partial charge in [0.2, 0.25) is 5.89 Å². The molecule has 2 N–H and O–H groups in total. The van der Waals surface area contributed by atoms with Crippen LogP contribution in [0.3, 0.4) is 0 Å². The van der Waals surface area contributed by atoms with Crippen molar-refractivity contribution in [3.63, 3.8) is 0 Å². The van der Waals surface area contributed by atoms with Crippen molar-refractivity contribution in [1.29, 1.82) is 10.5 Å². The quantitative estimate of drug-likeness (QED) is 0.311. The maximum absolute atomic E-state index is 9.96. The van der Waals surface area contributed by atoms with E-state index in [9.17, 15) is 10.5 Å². The Morgan fingerprint density at radius 1 is 1.00 bits per heavy atom. The first-order valence-electron chi connectivity index (χ1n) is 10.2. The zero-order chi connectivity index (χ0) is 24.1. The molecular formula is C25H18ClN5O2S. The summed E-state index contributed by atoms with van der Waals surface area (Å²) in [5, 5.41) is 20.7. The summed E-state index contributed by atoms with van der Waals surface area (Å²) in [6.45, 7) is 2.44. The molecule has 168 valence electrons. The SMILES string of the molecule is CCOc1ccc(-c2c(C#N)c(N)nc(SCc3coc(-c4ccc(Cl)cc4)n3)c2C#N)cc1. The fourth-order valence-corrected chi connectivity index (χ4v) is 4.31. The van der Waals surface area contributed by atoms with Gasteiger partial charge in [0.25, 0.3) is 0 Å². The lowest BCUT2D eigenvalue weighted by Crippen LogP contribution is -2.03. The van der Waals surface area contributed by atoms with Crippen LogP contribution in [0.4, 0.5) is 5.82 Å². The molecule has 0 aliphatic heterocycles. The van der Waals surface area contributed by atoms with Crippen molar-refractivity contribution in [3.8, 4) is 40.5 Å². The molecule has 0 spiro atoms. The number of benzene rings is 2. The van der Waals surface area contributed by atoms with E-state index in [1.807, 2.05) is 19.1 Å². The number of thioether (sulfide) groups is 1. The van der Waals surface area contributed by atoms with Gasteiger partial charge in [-0.2, -0.15) is 10.5 Å². The van der Waals surface area contributed by atoms with Crippen molar-refractivity contribution in [2.75, 3.05) is 12.3 Å². The number of ether oxygens (including phenoxy) is 1. The van der Waals surface area contributed by atoms with E-state index < -0.39 is 0 Å². The molecule has 2 aromatic carbocycles. The molecule has 4 aromatic rings. The Hall–Kier alpha value is -3.98. The van der Waals surface area contributed by atoms with Crippen LogP contribution in [0.5, 0.6) is 5.75 Å². The molecule has 0 unspecified atom stereocenters. The van der Waals surface area contributed by atoms with Gasteiger partial charge in [0, 0.05) is 21.9 Å². The second-order valence-electron chi connectivity index (χ2n) is 7.05. The average molecular weight is 488 g/mol. The lowest BCUT2D eigenvalue weighted by atomic mass is 9.97. The highest BCUT2D eigenvalue weighted by Gasteiger charge is 2.21. The van der Waals surface area contributed by atoms with Crippen LogP contribution in [0, 0.1) is 22.7 Å². The van der Waals surface area contributed by atoms with Gasteiger partial charge in [-0.25, -0.2) is 9.97 Å². The molecule has 9 heteroatoms. The van der Waals surface area contributed by atoms with E-state index in [4.69, 9.17) is 26.5 Å².